The second-order valence-electron chi connectivity index (χ2n) is 9.41. The summed E-state index contributed by atoms with van der Waals surface area (Å²) in [7, 11) is 0. The number of ether oxygens (including phenoxy) is 1. The van der Waals surface area contributed by atoms with Gasteiger partial charge in [0.1, 0.15) is 17.1 Å². The first-order chi connectivity index (χ1) is 15.6. The second kappa shape index (κ2) is 8.81. The zero-order chi connectivity index (χ0) is 22.1. The summed E-state index contributed by atoms with van der Waals surface area (Å²) < 4.78 is 6.06. The number of hydrogen-bond acceptors (Lipinski definition) is 4. The lowest BCUT2D eigenvalue weighted by atomic mass is 9.92. The van der Waals surface area contributed by atoms with E-state index in [4.69, 9.17) is 9.72 Å². The molecule has 5 rings (SSSR count). The molecule has 5 nitrogen and oxygen atoms in total. The molecule has 2 aromatic carbocycles. The van der Waals surface area contributed by atoms with E-state index in [0.717, 1.165) is 54.9 Å². The molecule has 2 aliphatic heterocycles. The zero-order valence-electron chi connectivity index (χ0n) is 19.0. The molecule has 2 atom stereocenters. The highest BCUT2D eigenvalue weighted by Crippen LogP contribution is 2.31. The fourth-order valence-electron chi connectivity index (χ4n) is 5.26. The number of amides is 1. The normalized spacial score (nSPS) is 20.8. The molecule has 32 heavy (non-hydrogen) atoms. The van der Waals surface area contributed by atoms with Crippen LogP contribution in [0, 0.1) is 11.8 Å². The Kier molecular flexibility index (Phi) is 5.73. The number of aryl methyl sites for hydroxylation is 1. The highest BCUT2D eigenvalue weighted by molar-refractivity contribution is 5.96. The summed E-state index contributed by atoms with van der Waals surface area (Å²) in [4.78, 5) is 22.2. The van der Waals surface area contributed by atoms with Crippen LogP contribution in [0.1, 0.15) is 32.3 Å². The lowest BCUT2D eigenvalue weighted by Crippen LogP contribution is -2.39. The second-order valence-corrected chi connectivity index (χ2v) is 9.41. The van der Waals surface area contributed by atoms with Crippen molar-refractivity contribution in [3.8, 4) is 5.75 Å². The Morgan fingerprint density at radius 1 is 1.03 bits per heavy atom. The minimum Gasteiger partial charge on any atom is -0.481 e. The van der Waals surface area contributed by atoms with Gasteiger partial charge in [-0.3, -0.25) is 4.79 Å². The summed E-state index contributed by atoms with van der Waals surface area (Å²) in [6.45, 7) is 7.42. The monoisotopic (exact) mass is 429 g/mol. The van der Waals surface area contributed by atoms with Crippen LogP contribution in [0.3, 0.4) is 0 Å². The van der Waals surface area contributed by atoms with Gasteiger partial charge in [-0.15, -0.1) is 0 Å². The van der Waals surface area contributed by atoms with Gasteiger partial charge in [0.2, 0.25) is 0 Å². The molecule has 3 aromatic rings. The Morgan fingerprint density at radius 2 is 1.84 bits per heavy atom. The molecule has 0 spiro atoms. The summed E-state index contributed by atoms with van der Waals surface area (Å²) in [6.07, 6.45) is 3.26. The third-order valence-corrected chi connectivity index (χ3v) is 6.62. The Labute approximate surface area is 190 Å². The maximum Gasteiger partial charge on any atom is 0.264 e. The number of carbonyl (C=O) groups is 1. The van der Waals surface area contributed by atoms with Crippen LogP contribution in [-0.2, 0) is 11.2 Å². The lowest BCUT2D eigenvalue weighted by Gasteiger charge is -2.35. The summed E-state index contributed by atoms with van der Waals surface area (Å²) >= 11 is 0. The van der Waals surface area contributed by atoms with Gasteiger partial charge in [0, 0.05) is 30.7 Å². The number of carbonyl (C=O) groups excluding carboxylic acids is 1. The maximum absolute atomic E-state index is 13.0. The van der Waals surface area contributed by atoms with E-state index in [9.17, 15) is 4.79 Å². The third-order valence-electron chi connectivity index (χ3n) is 6.62. The summed E-state index contributed by atoms with van der Waals surface area (Å²) in [5.41, 5.74) is 3.07. The van der Waals surface area contributed by atoms with Crippen LogP contribution >= 0.6 is 0 Å². The van der Waals surface area contributed by atoms with Crippen molar-refractivity contribution in [2.24, 2.45) is 11.8 Å². The zero-order valence-corrected chi connectivity index (χ0v) is 19.0. The molecule has 0 aliphatic carbocycles. The van der Waals surface area contributed by atoms with Crippen molar-refractivity contribution in [2.75, 3.05) is 36.0 Å². The molecule has 5 heteroatoms. The van der Waals surface area contributed by atoms with Crippen LogP contribution in [0.5, 0.6) is 5.75 Å². The molecule has 2 aliphatic rings. The molecule has 2 unspecified atom stereocenters. The van der Waals surface area contributed by atoms with Crippen molar-refractivity contribution in [1.82, 2.24) is 4.98 Å². The fourth-order valence-corrected chi connectivity index (χ4v) is 5.26. The van der Waals surface area contributed by atoms with E-state index in [-0.39, 0.29) is 12.5 Å². The Balaban J connectivity index is 1.36. The summed E-state index contributed by atoms with van der Waals surface area (Å²) in [5, 5.41) is 1.03. The molecule has 0 N–H and O–H groups in total. The van der Waals surface area contributed by atoms with Gasteiger partial charge in [-0.2, -0.15) is 0 Å². The molecule has 0 radical (unpaired) electrons. The SMILES string of the molecule is CC1CC(C)CN(c2ccc3cccc(OCC(=O)N4CCCc5ccccc54)c3n2)C1. The summed E-state index contributed by atoms with van der Waals surface area (Å²) in [5.74, 6) is 2.97. The largest absolute Gasteiger partial charge is 0.481 e. The molecule has 3 heterocycles. The van der Waals surface area contributed by atoms with Crippen LogP contribution in [0.4, 0.5) is 11.5 Å². The highest BCUT2D eigenvalue weighted by Gasteiger charge is 2.24. The van der Waals surface area contributed by atoms with Gasteiger partial charge in [0.25, 0.3) is 5.91 Å². The molecule has 1 saturated heterocycles. The molecule has 0 bridgehead atoms. The van der Waals surface area contributed by atoms with E-state index in [1.54, 1.807) is 0 Å². The maximum atomic E-state index is 13.0. The predicted octanol–water partition coefficient (Wildman–Crippen LogP) is 5.08. The van der Waals surface area contributed by atoms with Gasteiger partial charge in [0.05, 0.1) is 0 Å². The third kappa shape index (κ3) is 4.16. The average molecular weight is 430 g/mol. The van der Waals surface area contributed by atoms with Crippen molar-refractivity contribution in [3.05, 3.63) is 60.2 Å². The van der Waals surface area contributed by atoms with E-state index in [0.29, 0.717) is 17.6 Å². The number of hydrogen-bond donors (Lipinski definition) is 0. The van der Waals surface area contributed by atoms with Crippen LogP contribution in [-0.4, -0.2) is 37.1 Å². The van der Waals surface area contributed by atoms with Gasteiger partial charge < -0.3 is 14.5 Å². The quantitative estimate of drug-likeness (QED) is 0.581. The lowest BCUT2D eigenvalue weighted by molar-refractivity contribution is -0.120. The number of aromatic nitrogens is 1. The van der Waals surface area contributed by atoms with E-state index < -0.39 is 0 Å². The predicted molar refractivity (Wildman–Crippen MR) is 130 cm³/mol. The van der Waals surface area contributed by atoms with Crippen LogP contribution in [0.25, 0.3) is 10.9 Å². The van der Waals surface area contributed by atoms with Crippen LogP contribution in [0.2, 0.25) is 0 Å². The smallest absolute Gasteiger partial charge is 0.264 e. The highest BCUT2D eigenvalue weighted by atomic mass is 16.5. The minimum atomic E-state index is -0.0102. The number of benzene rings is 2. The molecule has 1 amide bonds. The van der Waals surface area contributed by atoms with Gasteiger partial charge in [-0.25, -0.2) is 4.98 Å². The van der Waals surface area contributed by atoms with E-state index in [2.05, 4.69) is 36.9 Å². The Morgan fingerprint density at radius 3 is 2.69 bits per heavy atom. The first-order valence-electron chi connectivity index (χ1n) is 11.7. The van der Waals surface area contributed by atoms with Gasteiger partial charge in [-0.05, 0) is 60.9 Å². The molecular weight excluding hydrogens is 398 g/mol. The number of nitrogens with zero attached hydrogens (tertiary/aromatic N) is 3. The minimum absolute atomic E-state index is 0.0102. The van der Waals surface area contributed by atoms with E-state index in [1.807, 2.05) is 41.3 Å². The molecule has 1 fully saturated rings. The summed E-state index contributed by atoms with van der Waals surface area (Å²) in [6, 6.07) is 18.3. The number of pyridine rings is 1. The number of anilines is 2. The Hall–Kier alpha value is -3.08. The molecule has 166 valence electrons. The van der Waals surface area contributed by atoms with Crippen molar-refractivity contribution >= 4 is 28.3 Å². The average Bonchev–Trinajstić information content (AvgIpc) is 2.81. The number of fused-ring (bicyclic) bond motifs is 2. The molecular formula is C27H31N3O2. The van der Waals surface area contributed by atoms with Gasteiger partial charge in [-0.1, -0.05) is 44.2 Å². The molecule has 1 aromatic heterocycles. The standard InChI is InChI=1S/C27H31N3O2/c1-19-15-20(2)17-29(16-19)25-13-12-22-8-5-11-24(27(22)28-25)32-18-26(31)30-14-6-9-21-7-3-4-10-23(21)30/h3-5,7-8,10-13,19-20H,6,9,14-18H2,1-2H3. The van der Waals surface area contributed by atoms with Crippen molar-refractivity contribution < 1.29 is 9.53 Å². The number of rotatable bonds is 4. The Bertz CT molecular complexity index is 1120. The fraction of sp³-hybridized carbons (Fsp3) is 0.407. The first kappa shape index (κ1) is 20.8. The van der Waals surface area contributed by atoms with E-state index >= 15 is 0 Å². The molecule has 0 saturated carbocycles. The number of para-hydroxylation sites is 2. The van der Waals surface area contributed by atoms with Gasteiger partial charge in [0.15, 0.2) is 6.61 Å². The van der Waals surface area contributed by atoms with Crippen molar-refractivity contribution in [1.29, 1.82) is 0 Å². The van der Waals surface area contributed by atoms with Gasteiger partial charge >= 0.3 is 0 Å². The first-order valence-corrected chi connectivity index (χ1v) is 11.7. The van der Waals surface area contributed by atoms with E-state index in [1.165, 1.54) is 12.0 Å². The van der Waals surface area contributed by atoms with Crippen LogP contribution < -0.4 is 14.5 Å². The number of piperidine rings is 1. The van der Waals surface area contributed by atoms with Crippen molar-refractivity contribution in [3.63, 3.8) is 0 Å². The topological polar surface area (TPSA) is 45.7 Å². The van der Waals surface area contributed by atoms with Crippen molar-refractivity contribution in [2.45, 2.75) is 33.1 Å². The van der Waals surface area contributed by atoms with Crippen LogP contribution in [0.15, 0.2) is 54.6 Å².